The second kappa shape index (κ2) is 9.46. The molecule has 0 atom stereocenters. The van der Waals surface area contributed by atoms with E-state index in [-0.39, 0.29) is 39.9 Å². The second-order valence-electron chi connectivity index (χ2n) is 5.26. The molecule has 0 saturated carbocycles. The molecule has 0 aliphatic rings. The Kier molecular flexibility index (Phi) is 7.58. The lowest BCUT2D eigenvalue weighted by Crippen LogP contribution is -2.37. The maximum absolute atomic E-state index is 12.1. The summed E-state index contributed by atoms with van der Waals surface area (Å²) in [5.41, 5.74) is 0.622. The smallest absolute Gasteiger partial charge is 0.260 e. The van der Waals surface area contributed by atoms with Crippen molar-refractivity contribution in [3.8, 4) is 5.75 Å². The molecule has 2 amide bonds. The third kappa shape index (κ3) is 5.77. The van der Waals surface area contributed by atoms with Crippen molar-refractivity contribution in [2.24, 2.45) is 0 Å². The number of carbonyl (C=O) groups excluding carboxylic acids is 2. The Bertz CT molecular complexity index is 833. The fourth-order valence-corrected chi connectivity index (χ4v) is 2.90. The first kappa shape index (κ1) is 20.8. The highest BCUT2D eigenvalue weighted by Gasteiger charge is 2.16. The van der Waals surface area contributed by atoms with Gasteiger partial charge in [-0.15, -0.1) is 0 Å². The first-order valence-electron chi connectivity index (χ1n) is 7.33. The van der Waals surface area contributed by atoms with Crippen molar-refractivity contribution < 1.29 is 14.3 Å². The molecule has 1 N–H and O–H groups in total. The molecule has 0 heterocycles. The number of hydrogen-bond donors (Lipinski definition) is 1. The predicted octanol–water partition coefficient (Wildman–Crippen LogP) is 4.89. The van der Waals surface area contributed by atoms with Crippen molar-refractivity contribution in [2.45, 2.75) is 0 Å². The molecule has 0 radical (unpaired) electrons. The number of amides is 2. The molecule has 2 rings (SSSR count). The van der Waals surface area contributed by atoms with Gasteiger partial charge in [0.2, 0.25) is 5.91 Å². The molecule has 0 fully saturated rings. The molecular formula is C17H14BrCl3N2O3. The second-order valence-corrected chi connectivity index (χ2v) is 7.34. The summed E-state index contributed by atoms with van der Waals surface area (Å²) in [4.78, 5) is 25.5. The van der Waals surface area contributed by atoms with E-state index in [2.05, 4.69) is 21.2 Å². The van der Waals surface area contributed by atoms with Crippen molar-refractivity contribution in [3.63, 3.8) is 0 Å². The number of benzene rings is 2. The van der Waals surface area contributed by atoms with Gasteiger partial charge < -0.3 is 15.0 Å². The lowest BCUT2D eigenvalue weighted by atomic mass is 10.3. The summed E-state index contributed by atoms with van der Waals surface area (Å²) in [6.07, 6.45) is 0. The van der Waals surface area contributed by atoms with Gasteiger partial charge in [0, 0.05) is 17.6 Å². The van der Waals surface area contributed by atoms with E-state index in [1.807, 2.05) is 6.07 Å². The molecule has 26 heavy (non-hydrogen) atoms. The Morgan fingerprint density at radius 3 is 2.46 bits per heavy atom. The third-order valence-corrected chi connectivity index (χ3v) is 4.99. The standard InChI is InChI=1S/C17H14BrCl3N2O3/c1-23(8-16(24)22-14-5-3-2-4-10(14)18)17(25)9-26-15-7-12(20)11(19)6-13(15)21/h2-7H,8-9H2,1H3,(H,22,24). The number of hydrogen-bond acceptors (Lipinski definition) is 3. The van der Waals surface area contributed by atoms with Crippen molar-refractivity contribution >= 4 is 68.2 Å². The van der Waals surface area contributed by atoms with Crippen LogP contribution >= 0.6 is 50.7 Å². The van der Waals surface area contributed by atoms with Crippen LogP contribution in [0.25, 0.3) is 0 Å². The van der Waals surface area contributed by atoms with Crippen LogP contribution in [0.2, 0.25) is 15.1 Å². The molecule has 2 aromatic rings. The van der Waals surface area contributed by atoms with E-state index >= 15 is 0 Å². The van der Waals surface area contributed by atoms with Gasteiger partial charge >= 0.3 is 0 Å². The minimum absolute atomic E-state index is 0.126. The van der Waals surface area contributed by atoms with Crippen LogP contribution in [0.4, 0.5) is 5.69 Å². The van der Waals surface area contributed by atoms with Crippen molar-refractivity contribution in [2.75, 3.05) is 25.5 Å². The number of rotatable bonds is 6. The molecule has 0 spiro atoms. The monoisotopic (exact) mass is 478 g/mol. The van der Waals surface area contributed by atoms with E-state index < -0.39 is 5.91 Å². The maximum Gasteiger partial charge on any atom is 0.260 e. The Labute approximate surface area is 174 Å². The van der Waals surface area contributed by atoms with E-state index in [9.17, 15) is 9.59 Å². The summed E-state index contributed by atoms with van der Waals surface area (Å²) in [5.74, 6) is -0.491. The predicted molar refractivity (Wildman–Crippen MR) is 107 cm³/mol. The zero-order valence-electron chi connectivity index (χ0n) is 13.6. The van der Waals surface area contributed by atoms with Gasteiger partial charge in [-0.05, 0) is 34.1 Å². The summed E-state index contributed by atoms with van der Waals surface area (Å²) >= 11 is 21.1. The Balaban J connectivity index is 1.88. The van der Waals surface area contributed by atoms with Gasteiger partial charge in [-0.2, -0.15) is 0 Å². The minimum atomic E-state index is -0.394. The summed E-state index contributed by atoms with van der Waals surface area (Å²) < 4.78 is 6.12. The maximum atomic E-state index is 12.1. The molecule has 0 saturated heterocycles. The fourth-order valence-electron chi connectivity index (χ4n) is 1.92. The summed E-state index contributed by atoms with van der Waals surface area (Å²) in [6, 6.07) is 10.0. The Morgan fingerprint density at radius 2 is 1.77 bits per heavy atom. The average Bonchev–Trinajstić information content (AvgIpc) is 2.58. The zero-order chi connectivity index (χ0) is 19.3. The van der Waals surface area contributed by atoms with Gasteiger partial charge in [0.1, 0.15) is 5.75 Å². The Morgan fingerprint density at radius 1 is 1.12 bits per heavy atom. The molecule has 0 bridgehead atoms. The highest BCUT2D eigenvalue weighted by atomic mass is 79.9. The number of nitrogens with one attached hydrogen (secondary N) is 1. The largest absolute Gasteiger partial charge is 0.482 e. The van der Waals surface area contributed by atoms with Crippen LogP contribution in [0.1, 0.15) is 0 Å². The van der Waals surface area contributed by atoms with Crippen LogP contribution in [-0.2, 0) is 9.59 Å². The van der Waals surface area contributed by atoms with E-state index in [1.165, 1.54) is 24.1 Å². The van der Waals surface area contributed by atoms with Gasteiger partial charge in [0.05, 0.1) is 27.3 Å². The number of halogens is 4. The van der Waals surface area contributed by atoms with Gasteiger partial charge in [0.25, 0.3) is 5.91 Å². The van der Waals surface area contributed by atoms with Crippen molar-refractivity contribution in [3.05, 3.63) is 55.9 Å². The van der Waals surface area contributed by atoms with Gasteiger partial charge in [-0.25, -0.2) is 0 Å². The number of para-hydroxylation sites is 1. The van der Waals surface area contributed by atoms with Gasteiger partial charge in [0.15, 0.2) is 6.61 Å². The number of carbonyl (C=O) groups is 2. The third-order valence-electron chi connectivity index (χ3n) is 3.28. The lowest BCUT2D eigenvalue weighted by Gasteiger charge is -2.18. The van der Waals surface area contributed by atoms with Gasteiger partial charge in [-0.3, -0.25) is 9.59 Å². The highest BCUT2D eigenvalue weighted by molar-refractivity contribution is 9.10. The fraction of sp³-hybridized carbons (Fsp3) is 0.176. The van der Waals surface area contributed by atoms with Crippen LogP contribution in [-0.4, -0.2) is 36.9 Å². The molecule has 0 unspecified atom stereocenters. The first-order chi connectivity index (χ1) is 12.3. The number of likely N-dealkylation sites (N-methyl/N-ethyl adjacent to an activating group) is 1. The summed E-state index contributed by atoms with van der Waals surface area (Å²) in [5, 5.41) is 3.51. The number of nitrogens with zero attached hydrogens (tertiary/aromatic N) is 1. The van der Waals surface area contributed by atoms with Crippen LogP contribution in [0.15, 0.2) is 40.9 Å². The molecular weight excluding hydrogens is 466 g/mol. The Hall–Kier alpha value is -1.47. The lowest BCUT2D eigenvalue weighted by molar-refractivity contribution is -0.135. The first-order valence-corrected chi connectivity index (χ1v) is 9.26. The van der Waals surface area contributed by atoms with E-state index in [4.69, 9.17) is 39.5 Å². The van der Waals surface area contributed by atoms with Crippen LogP contribution < -0.4 is 10.1 Å². The molecule has 5 nitrogen and oxygen atoms in total. The molecule has 0 aliphatic heterocycles. The topological polar surface area (TPSA) is 58.6 Å². The quantitative estimate of drug-likeness (QED) is 0.600. The number of anilines is 1. The molecule has 2 aromatic carbocycles. The highest BCUT2D eigenvalue weighted by Crippen LogP contribution is 2.33. The molecule has 0 aromatic heterocycles. The van der Waals surface area contributed by atoms with Crippen molar-refractivity contribution in [1.82, 2.24) is 4.90 Å². The van der Waals surface area contributed by atoms with Crippen LogP contribution in [0.5, 0.6) is 5.75 Å². The van der Waals surface area contributed by atoms with E-state index in [0.29, 0.717) is 5.69 Å². The number of ether oxygens (including phenoxy) is 1. The van der Waals surface area contributed by atoms with Crippen LogP contribution in [0.3, 0.4) is 0 Å². The molecule has 9 heteroatoms. The molecule has 0 aliphatic carbocycles. The summed E-state index contributed by atoms with van der Waals surface area (Å²) in [6.45, 7) is -0.422. The summed E-state index contributed by atoms with van der Waals surface area (Å²) in [7, 11) is 1.50. The van der Waals surface area contributed by atoms with E-state index in [1.54, 1.807) is 18.2 Å². The van der Waals surface area contributed by atoms with Crippen molar-refractivity contribution in [1.29, 1.82) is 0 Å². The van der Waals surface area contributed by atoms with Crippen LogP contribution in [0, 0.1) is 0 Å². The molecule has 138 valence electrons. The zero-order valence-corrected chi connectivity index (χ0v) is 17.4. The van der Waals surface area contributed by atoms with Gasteiger partial charge in [-0.1, -0.05) is 46.9 Å². The minimum Gasteiger partial charge on any atom is -0.482 e. The average molecular weight is 481 g/mol. The SMILES string of the molecule is CN(CC(=O)Nc1ccccc1Br)C(=O)COc1cc(Cl)c(Cl)cc1Cl. The normalized spacial score (nSPS) is 10.3. The van der Waals surface area contributed by atoms with E-state index in [0.717, 1.165) is 4.47 Å².